The molecule has 2 aromatic rings. The van der Waals surface area contributed by atoms with E-state index in [2.05, 4.69) is 27.8 Å². The Morgan fingerprint density at radius 3 is 2.59 bits per heavy atom. The average Bonchev–Trinajstić information content (AvgIpc) is 3.35. The highest BCUT2D eigenvalue weighted by Crippen LogP contribution is 2.39. The van der Waals surface area contributed by atoms with Gasteiger partial charge in [0.15, 0.2) is 5.96 Å². The summed E-state index contributed by atoms with van der Waals surface area (Å²) in [7, 11) is 5.34. The lowest BCUT2D eigenvalue weighted by Crippen LogP contribution is -2.49. The van der Waals surface area contributed by atoms with Crippen LogP contribution in [0.5, 0.6) is 0 Å². The summed E-state index contributed by atoms with van der Waals surface area (Å²) in [6.45, 7) is 0.920. The molecule has 3 N–H and O–H groups in total. The highest BCUT2D eigenvalue weighted by molar-refractivity contribution is 14.0. The number of benzene rings is 1. The summed E-state index contributed by atoms with van der Waals surface area (Å²) in [4.78, 5) is 19.6. The number of nitrogens with one attached hydrogen (secondary N) is 2. The van der Waals surface area contributed by atoms with Crippen LogP contribution in [0, 0.1) is 5.41 Å². The van der Waals surface area contributed by atoms with E-state index < -0.39 is 6.10 Å². The maximum absolute atomic E-state index is 12.7. The summed E-state index contributed by atoms with van der Waals surface area (Å²) >= 11 is 1.60. The fraction of sp³-hybridized carbons (Fsp3) is 0.524. The minimum Gasteiger partial charge on any atom is -0.386 e. The molecule has 1 aliphatic rings. The molecule has 1 saturated carbocycles. The Labute approximate surface area is 193 Å². The van der Waals surface area contributed by atoms with Gasteiger partial charge in [0.1, 0.15) is 6.10 Å². The van der Waals surface area contributed by atoms with Crippen LogP contribution in [0.25, 0.3) is 10.1 Å². The van der Waals surface area contributed by atoms with Gasteiger partial charge >= 0.3 is 0 Å². The summed E-state index contributed by atoms with van der Waals surface area (Å²) in [5, 5.41) is 18.2. The fourth-order valence-electron chi connectivity index (χ4n) is 3.93. The molecular formula is C21H31IN4O2S. The van der Waals surface area contributed by atoms with E-state index in [1.807, 2.05) is 32.3 Å². The summed E-state index contributed by atoms with van der Waals surface area (Å²) in [5.74, 6) is 0.788. The van der Waals surface area contributed by atoms with E-state index in [-0.39, 0.29) is 35.3 Å². The molecule has 1 amide bonds. The number of hydrogen-bond acceptors (Lipinski definition) is 4. The highest BCUT2D eigenvalue weighted by atomic mass is 127. The molecule has 0 bridgehead atoms. The van der Waals surface area contributed by atoms with Gasteiger partial charge in [0, 0.05) is 43.8 Å². The number of rotatable bonds is 6. The van der Waals surface area contributed by atoms with Crippen molar-refractivity contribution in [3.05, 3.63) is 35.2 Å². The van der Waals surface area contributed by atoms with E-state index >= 15 is 0 Å². The van der Waals surface area contributed by atoms with Crippen LogP contribution >= 0.6 is 35.3 Å². The van der Waals surface area contributed by atoms with Crippen molar-refractivity contribution in [3.8, 4) is 0 Å². The number of aliphatic imine (C=N–C) groups is 1. The summed E-state index contributed by atoms with van der Waals surface area (Å²) in [6.07, 6.45) is 3.35. The minimum atomic E-state index is -0.611. The van der Waals surface area contributed by atoms with Gasteiger partial charge in [-0.15, -0.1) is 35.3 Å². The van der Waals surface area contributed by atoms with Crippen LogP contribution in [-0.2, 0) is 4.79 Å². The number of thiophene rings is 1. The number of carbonyl (C=O) groups excluding carboxylic acids is 1. The predicted octanol–water partition coefficient (Wildman–Crippen LogP) is 3.37. The number of carbonyl (C=O) groups is 1. The van der Waals surface area contributed by atoms with Crippen LogP contribution in [0.15, 0.2) is 35.3 Å². The molecule has 6 nitrogen and oxygen atoms in total. The smallest absolute Gasteiger partial charge is 0.230 e. The molecule has 1 unspecified atom stereocenters. The first-order chi connectivity index (χ1) is 13.4. The van der Waals surface area contributed by atoms with Gasteiger partial charge in [-0.25, -0.2) is 0 Å². The monoisotopic (exact) mass is 530 g/mol. The Hall–Kier alpha value is -1.39. The Kier molecular flexibility index (Phi) is 8.72. The van der Waals surface area contributed by atoms with Crippen molar-refractivity contribution >= 4 is 57.3 Å². The maximum Gasteiger partial charge on any atom is 0.230 e. The third-order valence-electron chi connectivity index (χ3n) is 5.47. The molecule has 8 heteroatoms. The van der Waals surface area contributed by atoms with Crippen LogP contribution in [0.1, 0.15) is 36.7 Å². The zero-order valence-corrected chi connectivity index (χ0v) is 20.4. The molecule has 3 rings (SSSR count). The van der Waals surface area contributed by atoms with Gasteiger partial charge in [0.05, 0.1) is 5.41 Å². The number of guanidine groups is 1. The first-order valence-corrected chi connectivity index (χ1v) is 10.6. The Morgan fingerprint density at radius 1 is 1.28 bits per heavy atom. The molecule has 1 aromatic heterocycles. The van der Waals surface area contributed by atoms with Gasteiger partial charge in [-0.3, -0.25) is 9.79 Å². The number of aliphatic hydroxyl groups is 1. The molecule has 160 valence electrons. The number of aliphatic hydroxyl groups excluding tert-OH is 1. The van der Waals surface area contributed by atoms with E-state index in [9.17, 15) is 9.90 Å². The van der Waals surface area contributed by atoms with Gasteiger partial charge in [0.2, 0.25) is 5.91 Å². The van der Waals surface area contributed by atoms with Gasteiger partial charge in [-0.2, -0.15) is 0 Å². The maximum atomic E-state index is 12.7. The number of fused-ring (bicyclic) bond motifs is 1. The number of amides is 1. The van der Waals surface area contributed by atoms with Crippen LogP contribution in [0.3, 0.4) is 0 Å². The third kappa shape index (κ3) is 5.61. The minimum absolute atomic E-state index is 0. The average molecular weight is 530 g/mol. The van der Waals surface area contributed by atoms with Gasteiger partial charge in [0.25, 0.3) is 0 Å². The topological polar surface area (TPSA) is 77.0 Å². The molecule has 1 fully saturated rings. The standard InChI is InChI=1S/C21H30N4O2S.HI/c1-22-20(24-14-21(10-6-7-11-21)19(27)25(2)3)23-13-16(26)18-12-15-8-4-5-9-17(15)28-18;/h4-5,8-9,12,16,26H,6-7,10-11,13-14H2,1-3H3,(H2,22,23,24);1H. The summed E-state index contributed by atoms with van der Waals surface area (Å²) in [6, 6.07) is 10.2. The van der Waals surface area contributed by atoms with Crippen LogP contribution in [-0.4, -0.2) is 56.1 Å². The Morgan fingerprint density at radius 2 is 1.97 bits per heavy atom. The quantitative estimate of drug-likeness (QED) is 0.304. The van der Waals surface area contributed by atoms with E-state index in [1.165, 1.54) is 4.70 Å². The van der Waals surface area contributed by atoms with Crippen LogP contribution in [0.4, 0.5) is 0 Å². The van der Waals surface area contributed by atoms with Crippen molar-refractivity contribution in [2.75, 3.05) is 34.2 Å². The lowest BCUT2D eigenvalue weighted by molar-refractivity contribution is -0.138. The second-order valence-corrected chi connectivity index (χ2v) is 8.81. The first kappa shape index (κ1) is 23.9. The molecule has 0 aliphatic heterocycles. The van der Waals surface area contributed by atoms with Crippen LogP contribution in [0.2, 0.25) is 0 Å². The van der Waals surface area contributed by atoms with E-state index in [0.717, 1.165) is 35.9 Å². The summed E-state index contributed by atoms with van der Waals surface area (Å²) < 4.78 is 1.17. The first-order valence-electron chi connectivity index (χ1n) is 9.78. The number of nitrogens with zero attached hydrogens (tertiary/aromatic N) is 2. The molecule has 0 radical (unpaired) electrons. The number of hydrogen-bond donors (Lipinski definition) is 3. The van der Waals surface area contributed by atoms with Crippen molar-refractivity contribution in [2.24, 2.45) is 10.4 Å². The lowest BCUT2D eigenvalue weighted by atomic mass is 9.84. The Balaban J connectivity index is 0.00000300. The van der Waals surface area contributed by atoms with Crippen molar-refractivity contribution in [1.82, 2.24) is 15.5 Å². The third-order valence-corrected chi connectivity index (χ3v) is 6.69. The zero-order chi connectivity index (χ0) is 20.1. The second kappa shape index (κ2) is 10.6. The zero-order valence-electron chi connectivity index (χ0n) is 17.3. The van der Waals surface area contributed by atoms with Crippen molar-refractivity contribution in [1.29, 1.82) is 0 Å². The summed E-state index contributed by atoms with van der Waals surface area (Å²) in [5.41, 5.74) is -0.356. The van der Waals surface area contributed by atoms with Gasteiger partial charge < -0.3 is 20.6 Å². The fourth-order valence-corrected chi connectivity index (χ4v) is 4.98. The molecule has 0 saturated heterocycles. The molecule has 1 atom stereocenters. The van der Waals surface area contributed by atoms with E-state index in [0.29, 0.717) is 19.0 Å². The van der Waals surface area contributed by atoms with Gasteiger partial charge in [-0.1, -0.05) is 31.0 Å². The normalized spacial score (nSPS) is 16.9. The SMILES string of the molecule is CN=C(NCC(O)c1cc2ccccc2s1)NCC1(C(=O)N(C)C)CCCC1.I. The highest BCUT2D eigenvalue weighted by Gasteiger charge is 2.42. The van der Waals surface area contributed by atoms with E-state index in [4.69, 9.17) is 0 Å². The predicted molar refractivity (Wildman–Crippen MR) is 131 cm³/mol. The second-order valence-electron chi connectivity index (χ2n) is 7.70. The molecule has 1 aliphatic carbocycles. The largest absolute Gasteiger partial charge is 0.386 e. The van der Waals surface area contributed by atoms with Crippen LogP contribution < -0.4 is 10.6 Å². The molecular weight excluding hydrogens is 499 g/mol. The van der Waals surface area contributed by atoms with Crippen molar-refractivity contribution in [3.63, 3.8) is 0 Å². The number of halogens is 1. The molecule has 0 spiro atoms. The molecule has 29 heavy (non-hydrogen) atoms. The lowest BCUT2D eigenvalue weighted by Gasteiger charge is -2.31. The molecule has 1 heterocycles. The van der Waals surface area contributed by atoms with Crippen molar-refractivity contribution in [2.45, 2.75) is 31.8 Å². The van der Waals surface area contributed by atoms with Gasteiger partial charge in [-0.05, 0) is 30.4 Å². The van der Waals surface area contributed by atoms with Crippen molar-refractivity contribution < 1.29 is 9.90 Å². The Bertz CT molecular complexity index is 813. The van der Waals surface area contributed by atoms with E-state index in [1.54, 1.807) is 23.3 Å². The molecule has 1 aromatic carbocycles.